The van der Waals surface area contributed by atoms with E-state index in [0.717, 1.165) is 17.6 Å². The molecule has 5 nitrogen and oxygen atoms in total. The zero-order valence-corrected chi connectivity index (χ0v) is 13.8. The molecule has 5 rings (SSSR count). The van der Waals surface area contributed by atoms with Gasteiger partial charge in [0.2, 0.25) is 5.91 Å². The Balaban J connectivity index is 1.65. The minimum Gasteiger partial charge on any atom is -0.480 e. The van der Waals surface area contributed by atoms with E-state index in [1.165, 1.54) is 37.1 Å². The Morgan fingerprint density at radius 3 is 2.41 bits per heavy atom. The first kappa shape index (κ1) is 14.8. The molecule has 0 aromatic rings. The molecule has 0 aromatic heterocycles. The molecule has 4 aliphatic carbocycles. The van der Waals surface area contributed by atoms with Crippen LogP contribution in [-0.4, -0.2) is 39.2 Å². The van der Waals surface area contributed by atoms with Crippen LogP contribution in [0.3, 0.4) is 0 Å². The maximum Gasteiger partial charge on any atom is 0.324 e. The van der Waals surface area contributed by atoms with E-state index in [0.29, 0.717) is 11.8 Å². The van der Waals surface area contributed by atoms with Crippen LogP contribution in [0.25, 0.3) is 0 Å². The lowest BCUT2D eigenvalue weighted by molar-refractivity contribution is -0.152. The highest BCUT2D eigenvalue weighted by molar-refractivity contribution is 8.00. The van der Waals surface area contributed by atoms with Crippen molar-refractivity contribution in [3.05, 3.63) is 0 Å². The van der Waals surface area contributed by atoms with Gasteiger partial charge in [0.1, 0.15) is 6.54 Å². The molecule has 6 heteroatoms. The van der Waals surface area contributed by atoms with E-state index in [9.17, 15) is 9.59 Å². The Morgan fingerprint density at radius 2 is 1.86 bits per heavy atom. The highest BCUT2D eigenvalue weighted by atomic mass is 32.2. The van der Waals surface area contributed by atoms with Crippen molar-refractivity contribution >= 4 is 23.6 Å². The lowest BCUT2D eigenvalue weighted by atomic mass is 9.54. The van der Waals surface area contributed by atoms with E-state index < -0.39 is 5.97 Å². The molecular formula is C16H24N2O3S. The number of carbonyl (C=O) groups excluding carboxylic acids is 1. The zero-order valence-electron chi connectivity index (χ0n) is 13.0. The Bertz CT molecular complexity index is 482. The normalized spacial score (nSPS) is 47.0. The Morgan fingerprint density at radius 1 is 1.27 bits per heavy atom. The topological polar surface area (TPSA) is 69.6 Å². The van der Waals surface area contributed by atoms with Gasteiger partial charge in [0, 0.05) is 11.7 Å². The molecule has 1 saturated heterocycles. The van der Waals surface area contributed by atoms with Crippen molar-refractivity contribution in [2.24, 2.45) is 29.6 Å². The molecule has 0 radical (unpaired) electrons. The number of carbonyl (C=O) groups is 2. The number of rotatable bonds is 2. The van der Waals surface area contributed by atoms with Crippen molar-refractivity contribution in [1.29, 1.82) is 0 Å². The third kappa shape index (κ3) is 2.18. The summed E-state index contributed by atoms with van der Waals surface area (Å²) in [5, 5.41) is 10.6. The number of aliphatic carboxylic acids is 1. The second kappa shape index (κ2) is 5.13. The van der Waals surface area contributed by atoms with Crippen LogP contribution in [0.15, 0.2) is 0 Å². The highest BCUT2D eigenvalue weighted by Crippen LogP contribution is 2.62. The van der Waals surface area contributed by atoms with E-state index in [1.54, 1.807) is 0 Å². The molecule has 1 heterocycles. The van der Waals surface area contributed by atoms with Gasteiger partial charge in [-0.05, 0) is 55.8 Å². The van der Waals surface area contributed by atoms with Crippen LogP contribution in [-0.2, 0) is 9.59 Å². The van der Waals surface area contributed by atoms with E-state index in [-0.39, 0.29) is 23.2 Å². The summed E-state index contributed by atoms with van der Waals surface area (Å²) in [5.74, 6) is 2.56. The smallest absolute Gasteiger partial charge is 0.324 e. The van der Waals surface area contributed by atoms with E-state index in [1.807, 2.05) is 18.7 Å². The second-order valence-corrected chi connectivity index (χ2v) is 9.04. The third-order valence-electron chi connectivity index (χ3n) is 6.21. The fourth-order valence-electron chi connectivity index (χ4n) is 5.45. The first-order chi connectivity index (χ1) is 10.5. The molecule has 5 aliphatic rings. The molecule has 2 N–H and O–H groups in total. The highest BCUT2D eigenvalue weighted by Gasteiger charge is 2.59. The van der Waals surface area contributed by atoms with E-state index >= 15 is 0 Å². The minimum atomic E-state index is -0.945. The van der Waals surface area contributed by atoms with Gasteiger partial charge in [0.05, 0.1) is 4.87 Å². The van der Waals surface area contributed by atoms with Gasteiger partial charge in [0.15, 0.2) is 0 Å². The van der Waals surface area contributed by atoms with Gasteiger partial charge in [-0.1, -0.05) is 6.92 Å². The fourth-order valence-corrected chi connectivity index (χ4v) is 7.15. The van der Waals surface area contributed by atoms with Crippen molar-refractivity contribution in [1.82, 2.24) is 10.4 Å². The van der Waals surface area contributed by atoms with Gasteiger partial charge in [-0.25, -0.2) is 5.43 Å². The van der Waals surface area contributed by atoms with Crippen LogP contribution >= 0.6 is 11.8 Å². The summed E-state index contributed by atoms with van der Waals surface area (Å²) >= 11 is 1.90. The molecule has 4 bridgehead atoms. The third-order valence-corrected chi connectivity index (χ3v) is 8.12. The fraction of sp³-hybridized carbons (Fsp3) is 0.875. The van der Waals surface area contributed by atoms with Gasteiger partial charge in [-0.3, -0.25) is 14.6 Å². The maximum atomic E-state index is 12.5. The minimum absolute atomic E-state index is 0.0689. The lowest BCUT2D eigenvalue weighted by Gasteiger charge is -2.61. The predicted molar refractivity (Wildman–Crippen MR) is 83.9 cm³/mol. The van der Waals surface area contributed by atoms with Gasteiger partial charge in [-0.2, -0.15) is 0 Å². The summed E-state index contributed by atoms with van der Waals surface area (Å²) in [6.45, 7) is 1.68. The molecule has 1 aliphatic heterocycles. The molecule has 0 aromatic carbocycles. The number of nitrogens with zero attached hydrogens (tertiary/aromatic N) is 1. The molecule has 0 unspecified atom stereocenters. The summed E-state index contributed by atoms with van der Waals surface area (Å²) < 4.78 is 0. The number of hydrogen-bond donors (Lipinski definition) is 2. The first-order valence-electron chi connectivity index (χ1n) is 8.43. The van der Waals surface area contributed by atoms with Crippen molar-refractivity contribution in [3.63, 3.8) is 0 Å². The van der Waals surface area contributed by atoms with Crippen molar-refractivity contribution in [2.75, 3.05) is 12.3 Å². The zero-order chi connectivity index (χ0) is 15.5. The van der Waals surface area contributed by atoms with Crippen LogP contribution in [0.1, 0.15) is 39.0 Å². The second-order valence-electron chi connectivity index (χ2n) is 7.74. The quantitative estimate of drug-likeness (QED) is 0.812. The van der Waals surface area contributed by atoms with Crippen LogP contribution < -0.4 is 5.43 Å². The van der Waals surface area contributed by atoms with Gasteiger partial charge < -0.3 is 5.11 Å². The molecule has 1 atom stereocenters. The predicted octanol–water partition coefficient (Wildman–Crippen LogP) is 1.94. The molecule has 122 valence electrons. The van der Waals surface area contributed by atoms with Crippen molar-refractivity contribution in [2.45, 2.75) is 43.9 Å². The number of hydrazine groups is 1. The number of thioether (sulfide) groups is 1. The summed E-state index contributed by atoms with van der Waals surface area (Å²) in [6, 6.07) is 0. The van der Waals surface area contributed by atoms with Gasteiger partial charge >= 0.3 is 5.97 Å². The summed E-state index contributed by atoms with van der Waals surface area (Å²) in [5.41, 5.74) is 3.45. The van der Waals surface area contributed by atoms with Gasteiger partial charge in [0.25, 0.3) is 0 Å². The number of amides is 1. The Kier molecular flexibility index (Phi) is 3.45. The monoisotopic (exact) mass is 324 g/mol. The summed E-state index contributed by atoms with van der Waals surface area (Å²) in [7, 11) is 0. The van der Waals surface area contributed by atoms with Crippen molar-refractivity contribution in [3.8, 4) is 0 Å². The Labute approximate surface area is 135 Å². The molecule has 22 heavy (non-hydrogen) atoms. The van der Waals surface area contributed by atoms with E-state index in [2.05, 4.69) is 5.43 Å². The van der Waals surface area contributed by atoms with E-state index in [4.69, 9.17) is 5.11 Å². The average molecular weight is 324 g/mol. The molecule has 1 spiro atoms. The molecule has 5 fully saturated rings. The summed E-state index contributed by atoms with van der Waals surface area (Å²) in [4.78, 5) is 23.5. The van der Waals surface area contributed by atoms with Crippen LogP contribution in [0.2, 0.25) is 0 Å². The van der Waals surface area contributed by atoms with Gasteiger partial charge in [-0.15, -0.1) is 11.8 Å². The first-order valence-corrected chi connectivity index (χ1v) is 9.41. The lowest BCUT2D eigenvalue weighted by Crippen LogP contribution is -2.67. The van der Waals surface area contributed by atoms with Crippen molar-refractivity contribution < 1.29 is 14.7 Å². The maximum absolute atomic E-state index is 12.5. The van der Waals surface area contributed by atoms with Crippen LogP contribution in [0, 0.1) is 29.6 Å². The van der Waals surface area contributed by atoms with Crippen LogP contribution in [0.5, 0.6) is 0 Å². The SMILES string of the molecule is C[C@@H]1CSC2(NN(CC(=O)O)C1=O)C1CC3CC(C1)CC2C3. The Hall–Kier alpha value is -0.750. The average Bonchev–Trinajstić information content (AvgIpc) is 2.57. The standard InChI is InChI=1S/C16H24N2O3S/c1-9-8-22-16(17-18(15(9)21)7-14(19)20)12-3-10-2-11(5-12)6-13(16)4-10/h9-13,17H,2-8H2,1H3,(H,19,20)/t9-,10?,11?,12?,13?,16?/m1/s1. The number of hydrogen-bond acceptors (Lipinski definition) is 4. The number of carboxylic acid groups (broad SMARTS) is 1. The number of nitrogens with one attached hydrogen (secondary N) is 1. The molecule has 4 saturated carbocycles. The van der Waals surface area contributed by atoms with Crippen LogP contribution in [0.4, 0.5) is 0 Å². The summed E-state index contributed by atoms with van der Waals surface area (Å²) in [6.07, 6.45) is 6.38. The number of carboxylic acids is 1. The molecule has 1 amide bonds. The molecular weight excluding hydrogens is 300 g/mol. The largest absolute Gasteiger partial charge is 0.480 e.